The first-order valence-electron chi connectivity index (χ1n) is 5.60. The fourth-order valence-corrected chi connectivity index (χ4v) is 1.68. The van der Waals surface area contributed by atoms with Crippen LogP contribution in [0.3, 0.4) is 0 Å². The molecule has 19 heavy (non-hydrogen) atoms. The van der Waals surface area contributed by atoms with Gasteiger partial charge in [-0.25, -0.2) is 4.98 Å². The molecule has 1 aromatic heterocycles. The van der Waals surface area contributed by atoms with E-state index in [1.165, 1.54) is 6.20 Å². The Morgan fingerprint density at radius 2 is 1.95 bits per heavy atom. The largest absolute Gasteiger partial charge is 0.456 e. The van der Waals surface area contributed by atoms with E-state index < -0.39 is 0 Å². The molecule has 2 aromatic rings. The van der Waals surface area contributed by atoms with Gasteiger partial charge in [-0.1, -0.05) is 0 Å². The lowest BCUT2D eigenvalue weighted by Crippen LogP contribution is -2.12. The van der Waals surface area contributed by atoms with Crippen LogP contribution in [0.5, 0.6) is 23.0 Å². The molecule has 0 aliphatic carbocycles. The van der Waals surface area contributed by atoms with Gasteiger partial charge in [0.15, 0.2) is 11.5 Å². The van der Waals surface area contributed by atoms with Crippen LogP contribution in [-0.2, 0) is 0 Å². The number of benzene rings is 1. The summed E-state index contributed by atoms with van der Waals surface area (Å²) >= 11 is 0. The van der Waals surface area contributed by atoms with E-state index in [2.05, 4.69) is 4.98 Å². The number of nitrogens with one attached hydrogen (secondary N) is 1. The number of hydrogen-bond donors (Lipinski definition) is 2. The molecule has 1 aliphatic rings. The Hall–Kier alpha value is -2.76. The molecule has 3 rings (SSSR count). The molecule has 2 heterocycles. The average Bonchev–Trinajstić information content (AvgIpc) is 2.87. The highest BCUT2D eigenvalue weighted by Crippen LogP contribution is 2.36. The van der Waals surface area contributed by atoms with E-state index in [4.69, 9.17) is 25.4 Å². The summed E-state index contributed by atoms with van der Waals surface area (Å²) in [5, 5.41) is 7.25. The fourth-order valence-electron chi connectivity index (χ4n) is 1.68. The summed E-state index contributed by atoms with van der Waals surface area (Å²) in [6.45, 7) is 0.230. The van der Waals surface area contributed by atoms with Crippen molar-refractivity contribution in [2.45, 2.75) is 0 Å². The van der Waals surface area contributed by atoms with Gasteiger partial charge >= 0.3 is 0 Å². The fraction of sp³-hybridized carbons (Fsp3) is 0.0769. The Balaban J connectivity index is 1.79. The lowest BCUT2D eigenvalue weighted by atomic mass is 10.3. The minimum Gasteiger partial charge on any atom is -0.456 e. The summed E-state index contributed by atoms with van der Waals surface area (Å²) in [5.41, 5.74) is 5.74. The Morgan fingerprint density at radius 1 is 1.16 bits per heavy atom. The van der Waals surface area contributed by atoms with Crippen molar-refractivity contribution in [3.8, 4) is 23.0 Å². The number of hydrogen-bond acceptors (Lipinski definition) is 5. The molecule has 0 amide bonds. The molecule has 0 bridgehead atoms. The molecule has 0 radical (unpaired) electrons. The van der Waals surface area contributed by atoms with Crippen LogP contribution in [-0.4, -0.2) is 17.6 Å². The van der Waals surface area contributed by atoms with Crippen LogP contribution in [0.25, 0.3) is 0 Å². The zero-order chi connectivity index (χ0) is 13.2. The highest BCUT2D eigenvalue weighted by molar-refractivity contribution is 5.92. The third kappa shape index (κ3) is 2.28. The molecule has 1 aromatic carbocycles. The molecule has 3 N–H and O–H groups in total. The smallest absolute Gasteiger partial charge is 0.231 e. The zero-order valence-electron chi connectivity index (χ0n) is 9.92. The summed E-state index contributed by atoms with van der Waals surface area (Å²) in [5.74, 6) is 2.48. The quantitative estimate of drug-likeness (QED) is 0.647. The van der Waals surface area contributed by atoms with Crippen molar-refractivity contribution in [2.75, 3.05) is 6.79 Å². The number of amidine groups is 1. The Bertz CT molecular complexity index is 626. The number of nitrogens with two attached hydrogens (primary N) is 1. The molecular weight excluding hydrogens is 246 g/mol. The van der Waals surface area contributed by atoms with E-state index in [0.717, 1.165) is 0 Å². The van der Waals surface area contributed by atoms with Crippen molar-refractivity contribution in [3.63, 3.8) is 0 Å². The number of aromatic nitrogens is 1. The highest BCUT2D eigenvalue weighted by Gasteiger charge is 2.14. The van der Waals surface area contributed by atoms with Crippen LogP contribution in [0.4, 0.5) is 0 Å². The first kappa shape index (κ1) is 11.3. The second kappa shape index (κ2) is 4.49. The summed E-state index contributed by atoms with van der Waals surface area (Å²) in [7, 11) is 0. The number of fused-ring (bicyclic) bond motifs is 1. The maximum Gasteiger partial charge on any atom is 0.231 e. The van der Waals surface area contributed by atoms with Crippen LogP contribution in [0.2, 0.25) is 0 Å². The van der Waals surface area contributed by atoms with Gasteiger partial charge in [0, 0.05) is 6.07 Å². The molecule has 0 saturated heterocycles. The number of nitrogen functional groups attached to an aromatic ring is 1. The first-order chi connectivity index (χ1) is 9.22. The van der Waals surface area contributed by atoms with Crippen molar-refractivity contribution in [3.05, 3.63) is 42.2 Å². The van der Waals surface area contributed by atoms with Crippen molar-refractivity contribution in [1.82, 2.24) is 4.98 Å². The number of rotatable bonds is 3. The van der Waals surface area contributed by atoms with Crippen LogP contribution >= 0.6 is 0 Å². The zero-order valence-corrected chi connectivity index (χ0v) is 9.92. The van der Waals surface area contributed by atoms with Gasteiger partial charge in [-0.3, -0.25) is 5.41 Å². The van der Waals surface area contributed by atoms with Crippen molar-refractivity contribution in [2.24, 2.45) is 5.73 Å². The summed E-state index contributed by atoms with van der Waals surface area (Å²) < 4.78 is 16.1. The number of pyridine rings is 1. The van der Waals surface area contributed by atoms with Crippen molar-refractivity contribution < 1.29 is 14.2 Å². The monoisotopic (exact) mass is 257 g/mol. The molecule has 0 atom stereocenters. The summed E-state index contributed by atoms with van der Waals surface area (Å²) in [6.07, 6.45) is 1.52. The third-order valence-corrected chi connectivity index (χ3v) is 2.59. The second-order valence-electron chi connectivity index (χ2n) is 3.91. The molecule has 0 saturated carbocycles. The Morgan fingerprint density at radius 3 is 2.68 bits per heavy atom. The SMILES string of the molecule is N=C(N)c1ccc(Oc2ccc3c(c2)OCO3)cn1. The minimum atomic E-state index is -0.0744. The Kier molecular flexibility index (Phi) is 2.68. The van der Waals surface area contributed by atoms with E-state index in [0.29, 0.717) is 28.7 Å². The van der Waals surface area contributed by atoms with Gasteiger partial charge < -0.3 is 19.9 Å². The molecule has 0 fully saturated rings. The van der Waals surface area contributed by atoms with Crippen LogP contribution < -0.4 is 19.9 Å². The second-order valence-corrected chi connectivity index (χ2v) is 3.91. The lowest BCUT2D eigenvalue weighted by molar-refractivity contribution is 0.174. The summed E-state index contributed by atoms with van der Waals surface area (Å²) in [4.78, 5) is 4.02. The molecule has 1 aliphatic heterocycles. The van der Waals surface area contributed by atoms with Gasteiger partial charge in [0.2, 0.25) is 6.79 Å². The van der Waals surface area contributed by atoms with E-state index in [-0.39, 0.29) is 12.6 Å². The van der Waals surface area contributed by atoms with E-state index >= 15 is 0 Å². The van der Waals surface area contributed by atoms with Gasteiger partial charge in [-0.15, -0.1) is 0 Å². The molecule has 6 heteroatoms. The van der Waals surface area contributed by atoms with Crippen LogP contribution in [0.15, 0.2) is 36.5 Å². The van der Waals surface area contributed by atoms with Crippen LogP contribution in [0, 0.1) is 5.41 Å². The predicted octanol–water partition coefficient (Wildman–Crippen LogP) is 1.89. The third-order valence-electron chi connectivity index (χ3n) is 2.59. The summed E-state index contributed by atoms with van der Waals surface area (Å²) in [6, 6.07) is 8.65. The first-order valence-corrected chi connectivity index (χ1v) is 5.60. The van der Waals surface area contributed by atoms with Gasteiger partial charge in [-0.2, -0.15) is 0 Å². The number of ether oxygens (including phenoxy) is 3. The normalized spacial score (nSPS) is 12.2. The molecular formula is C13H11N3O3. The minimum absolute atomic E-state index is 0.0744. The standard InChI is InChI=1S/C13H11N3O3/c14-13(15)10-3-1-9(6-16-10)19-8-2-4-11-12(5-8)18-7-17-11/h1-6H,7H2,(H3,14,15). The van der Waals surface area contributed by atoms with E-state index in [1.54, 1.807) is 30.3 Å². The van der Waals surface area contributed by atoms with Gasteiger partial charge in [0.25, 0.3) is 0 Å². The maximum absolute atomic E-state index is 7.25. The molecule has 0 spiro atoms. The van der Waals surface area contributed by atoms with Crippen molar-refractivity contribution in [1.29, 1.82) is 5.41 Å². The van der Waals surface area contributed by atoms with Gasteiger partial charge in [0.05, 0.1) is 6.20 Å². The maximum atomic E-state index is 7.25. The van der Waals surface area contributed by atoms with E-state index in [1.807, 2.05) is 0 Å². The Labute approximate surface area is 109 Å². The predicted molar refractivity (Wildman–Crippen MR) is 67.9 cm³/mol. The van der Waals surface area contributed by atoms with Crippen LogP contribution in [0.1, 0.15) is 5.69 Å². The van der Waals surface area contributed by atoms with Crippen molar-refractivity contribution >= 4 is 5.84 Å². The molecule has 0 unspecified atom stereocenters. The molecule has 6 nitrogen and oxygen atoms in total. The molecule has 96 valence electrons. The lowest BCUT2D eigenvalue weighted by Gasteiger charge is -2.06. The van der Waals surface area contributed by atoms with E-state index in [9.17, 15) is 0 Å². The topological polar surface area (TPSA) is 90.5 Å². The average molecular weight is 257 g/mol. The van der Waals surface area contributed by atoms with Gasteiger partial charge in [-0.05, 0) is 24.3 Å². The highest BCUT2D eigenvalue weighted by atomic mass is 16.7. The van der Waals surface area contributed by atoms with Gasteiger partial charge in [0.1, 0.15) is 23.0 Å². The number of nitrogens with zero attached hydrogens (tertiary/aromatic N) is 1.